The number of fused-ring (bicyclic) bond motifs is 2. The number of hydrogen-bond donors (Lipinski definition) is 0. The summed E-state index contributed by atoms with van der Waals surface area (Å²) in [7, 11) is 1.48. The van der Waals surface area contributed by atoms with Gasteiger partial charge in [-0.3, -0.25) is 19.1 Å². The highest BCUT2D eigenvalue weighted by Crippen LogP contribution is 2.35. The van der Waals surface area contributed by atoms with Crippen LogP contribution in [0.4, 0.5) is 0 Å². The summed E-state index contributed by atoms with van der Waals surface area (Å²) < 4.78 is 19.5. The fourth-order valence-electron chi connectivity index (χ4n) is 4.07. The molecular formula is C18H20N4O5. The number of rotatable bonds is 2. The Balaban J connectivity index is 1.34. The third kappa shape index (κ3) is 2.74. The molecule has 4 heterocycles. The van der Waals surface area contributed by atoms with E-state index in [1.165, 1.54) is 11.6 Å². The van der Waals surface area contributed by atoms with Crippen molar-refractivity contribution in [1.82, 2.24) is 19.2 Å². The first kappa shape index (κ1) is 16.5. The maximum Gasteiger partial charge on any atom is 0.332 e. The number of ether oxygens (including phenoxy) is 3. The zero-order valence-corrected chi connectivity index (χ0v) is 15.0. The molecule has 5 rings (SSSR count). The molecule has 0 saturated carbocycles. The van der Waals surface area contributed by atoms with Crippen LogP contribution in [0.5, 0.6) is 11.5 Å². The van der Waals surface area contributed by atoms with E-state index in [9.17, 15) is 9.59 Å². The average molecular weight is 372 g/mol. The van der Waals surface area contributed by atoms with E-state index in [2.05, 4.69) is 10.00 Å². The van der Waals surface area contributed by atoms with Gasteiger partial charge in [0.15, 0.2) is 17.3 Å². The number of likely N-dealkylation sites (tertiary alicyclic amines) is 1. The third-order valence-electron chi connectivity index (χ3n) is 5.49. The van der Waals surface area contributed by atoms with Crippen LogP contribution in [0, 0.1) is 0 Å². The van der Waals surface area contributed by atoms with E-state index >= 15 is 0 Å². The largest absolute Gasteiger partial charge is 0.454 e. The summed E-state index contributed by atoms with van der Waals surface area (Å²) in [6, 6.07) is 5.97. The van der Waals surface area contributed by atoms with Crippen LogP contribution in [0.3, 0.4) is 0 Å². The standard InChI is InChI=1S/C18H20N4O5/c1-20-16(23)17(24)22-10-18(27-8-15(22)19-20)4-5-21(9-18)7-12-2-3-13-14(6-12)26-11-25-13/h2-3,6H,4-5,7-11H2,1H3/t18-/m0/s1. The molecule has 1 aromatic heterocycles. The molecule has 0 radical (unpaired) electrons. The van der Waals surface area contributed by atoms with Crippen molar-refractivity contribution in [3.8, 4) is 11.5 Å². The molecule has 0 amide bonds. The van der Waals surface area contributed by atoms with Gasteiger partial charge >= 0.3 is 11.1 Å². The van der Waals surface area contributed by atoms with Crippen LogP contribution < -0.4 is 20.6 Å². The fraction of sp³-hybridized carbons (Fsp3) is 0.500. The molecule has 1 spiro atoms. The summed E-state index contributed by atoms with van der Waals surface area (Å²) in [5, 5.41) is 4.15. The Kier molecular flexibility index (Phi) is 3.63. The molecule has 9 heteroatoms. The number of hydrogen-bond acceptors (Lipinski definition) is 7. The highest BCUT2D eigenvalue weighted by atomic mass is 16.7. The maximum absolute atomic E-state index is 12.3. The number of aryl methyl sites for hydroxylation is 1. The zero-order chi connectivity index (χ0) is 18.6. The SMILES string of the molecule is Cn1nc2n(c(=O)c1=O)C[C@@]1(CCN(Cc3ccc4c(c3)OCO4)C1)OC2. The Hall–Kier alpha value is -2.65. The Morgan fingerprint density at radius 3 is 2.89 bits per heavy atom. The highest BCUT2D eigenvalue weighted by molar-refractivity contribution is 5.44. The summed E-state index contributed by atoms with van der Waals surface area (Å²) in [6.45, 7) is 3.18. The predicted molar refractivity (Wildman–Crippen MR) is 93.7 cm³/mol. The zero-order valence-electron chi connectivity index (χ0n) is 15.0. The van der Waals surface area contributed by atoms with Crippen LogP contribution in [0.2, 0.25) is 0 Å². The van der Waals surface area contributed by atoms with Crippen molar-refractivity contribution in [2.45, 2.75) is 31.7 Å². The molecule has 9 nitrogen and oxygen atoms in total. The topological polar surface area (TPSA) is 87.8 Å². The second-order valence-electron chi connectivity index (χ2n) is 7.36. The molecule has 27 heavy (non-hydrogen) atoms. The minimum atomic E-state index is -0.606. The molecule has 0 N–H and O–H groups in total. The van der Waals surface area contributed by atoms with Gasteiger partial charge in [-0.25, -0.2) is 4.68 Å². The minimum Gasteiger partial charge on any atom is -0.454 e. The van der Waals surface area contributed by atoms with Gasteiger partial charge in [-0.2, -0.15) is 5.10 Å². The van der Waals surface area contributed by atoms with Gasteiger partial charge in [-0.1, -0.05) is 6.07 Å². The first-order valence-corrected chi connectivity index (χ1v) is 8.95. The van der Waals surface area contributed by atoms with E-state index in [-0.39, 0.29) is 13.4 Å². The van der Waals surface area contributed by atoms with Gasteiger partial charge in [0.25, 0.3) is 0 Å². The second kappa shape index (κ2) is 5.93. The Morgan fingerprint density at radius 1 is 1.15 bits per heavy atom. The Bertz CT molecular complexity index is 1030. The summed E-state index contributed by atoms with van der Waals surface area (Å²) in [6.07, 6.45) is 0.804. The molecule has 3 aliphatic rings. The lowest BCUT2D eigenvalue weighted by molar-refractivity contribution is -0.0858. The van der Waals surface area contributed by atoms with Crippen molar-refractivity contribution in [3.05, 3.63) is 50.3 Å². The van der Waals surface area contributed by atoms with Crippen LogP contribution >= 0.6 is 0 Å². The van der Waals surface area contributed by atoms with Crippen molar-refractivity contribution in [2.75, 3.05) is 19.9 Å². The summed E-state index contributed by atoms with van der Waals surface area (Å²) in [5.41, 5.74) is -0.452. The smallest absolute Gasteiger partial charge is 0.332 e. The van der Waals surface area contributed by atoms with Gasteiger partial charge in [-0.05, 0) is 24.1 Å². The molecule has 3 aliphatic heterocycles. The first-order valence-electron chi connectivity index (χ1n) is 8.95. The van der Waals surface area contributed by atoms with Crippen molar-refractivity contribution < 1.29 is 14.2 Å². The van der Waals surface area contributed by atoms with Crippen molar-refractivity contribution >= 4 is 0 Å². The van der Waals surface area contributed by atoms with Gasteiger partial charge in [0.1, 0.15) is 12.2 Å². The number of benzene rings is 1. The van der Waals surface area contributed by atoms with E-state index in [0.717, 1.165) is 41.3 Å². The van der Waals surface area contributed by atoms with Crippen molar-refractivity contribution in [1.29, 1.82) is 0 Å². The summed E-state index contributed by atoms with van der Waals surface area (Å²) >= 11 is 0. The lowest BCUT2D eigenvalue weighted by atomic mass is 10.0. The molecule has 0 unspecified atom stereocenters. The number of aromatic nitrogens is 3. The second-order valence-corrected chi connectivity index (χ2v) is 7.36. The molecule has 142 valence electrons. The van der Waals surface area contributed by atoms with E-state index in [0.29, 0.717) is 18.9 Å². The van der Waals surface area contributed by atoms with Gasteiger partial charge in [-0.15, -0.1) is 0 Å². The van der Waals surface area contributed by atoms with Crippen molar-refractivity contribution in [3.63, 3.8) is 0 Å². The van der Waals surface area contributed by atoms with Crippen LogP contribution in [-0.2, 0) is 31.5 Å². The Labute approximate surface area is 154 Å². The number of nitrogens with zero attached hydrogens (tertiary/aromatic N) is 4. The van der Waals surface area contributed by atoms with Gasteiger partial charge in [0.2, 0.25) is 6.79 Å². The van der Waals surface area contributed by atoms with E-state index < -0.39 is 16.7 Å². The van der Waals surface area contributed by atoms with Gasteiger partial charge in [0, 0.05) is 26.7 Å². The molecular weight excluding hydrogens is 352 g/mol. The molecule has 1 aromatic carbocycles. The van der Waals surface area contributed by atoms with E-state index in [1.807, 2.05) is 18.2 Å². The highest BCUT2D eigenvalue weighted by Gasteiger charge is 2.43. The monoisotopic (exact) mass is 372 g/mol. The van der Waals surface area contributed by atoms with E-state index in [4.69, 9.17) is 14.2 Å². The average Bonchev–Trinajstić information content (AvgIpc) is 3.28. The normalized spacial score (nSPS) is 23.7. The summed E-state index contributed by atoms with van der Waals surface area (Å²) in [5.74, 6) is 2.05. The van der Waals surface area contributed by atoms with Gasteiger partial charge < -0.3 is 14.2 Å². The molecule has 0 aliphatic carbocycles. The first-order chi connectivity index (χ1) is 13.0. The molecule has 1 fully saturated rings. The van der Waals surface area contributed by atoms with Gasteiger partial charge in [0.05, 0.1) is 6.54 Å². The summed E-state index contributed by atoms with van der Waals surface area (Å²) in [4.78, 5) is 26.6. The lowest BCUT2D eigenvalue weighted by Gasteiger charge is -2.35. The van der Waals surface area contributed by atoms with E-state index in [1.54, 1.807) is 0 Å². The Morgan fingerprint density at radius 2 is 2.00 bits per heavy atom. The fourth-order valence-corrected chi connectivity index (χ4v) is 4.07. The lowest BCUT2D eigenvalue weighted by Crippen LogP contribution is -2.52. The molecule has 1 saturated heterocycles. The molecule has 1 atom stereocenters. The van der Waals surface area contributed by atoms with Crippen LogP contribution in [0.25, 0.3) is 0 Å². The minimum absolute atomic E-state index is 0.237. The maximum atomic E-state index is 12.3. The molecule has 0 bridgehead atoms. The van der Waals surface area contributed by atoms with Crippen LogP contribution in [0.1, 0.15) is 17.8 Å². The van der Waals surface area contributed by atoms with Crippen LogP contribution in [0.15, 0.2) is 27.8 Å². The van der Waals surface area contributed by atoms with Crippen LogP contribution in [-0.4, -0.2) is 44.7 Å². The molecule has 2 aromatic rings. The predicted octanol–water partition coefficient (Wildman–Crippen LogP) is -0.154. The third-order valence-corrected chi connectivity index (χ3v) is 5.49. The quantitative estimate of drug-likeness (QED) is 0.677. The van der Waals surface area contributed by atoms with Crippen molar-refractivity contribution in [2.24, 2.45) is 7.05 Å².